The number of carbonyl (C=O) groups is 1. The topological polar surface area (TPSA) is 127 Å². The Hall–Kier alpha value is -3.57. The minimum atomic E-state index is -3.68. The van der Waals surface area contributed by atoms with E-state index in [1.165, 1.54) is 67.3 Å². The monoisotopic (exact) mass is 429 g/mol. The van der Waals surface area contributed by atoms with Crippen LogP contribution in [0, 0.1) is 17.0 Å². The molecule has 1 aromatic heterocycles. The lowest BCUT2D eigenvalue weighted by Crippen LogP contribution is -2.23. The van der Waals surface area contributed by atoms with Crippen LogP contribution in [-0.2, 0) is 10.0 Å². The van der Waals surface area contributed by atoms with E-state index in [9.17, 15) is 23.3 Å². The molecule has 0 aliphatic rings. The van der Waals surface area contributed by atoms with Crippen LogP contribution in [0.15, 0.2) is 59.5 Å². The largest absolute Gasteiger partial charge is 0.306 e. The van der Waals surface area contributed by atoms with Gasteiger partial charge >= 0.3 is 0 Å². The van der Waals surface area contributed by atoms with Crippen molar-refractivity contribution in [1.82, 2.24) is 14.1 Å². The van der Waals surface area contributed by atoms with Crippen LogP contribution in [0.5, 0.6) is 0 Å². The summed E-state index contributed by atoms with van der Waals surface area (Å²) in [5.74, 6) is -0.180. The van der Waals surface area contributed by atoms with Crippen molar-refractivity contribution in [2.45, 2.75) is 11.8 Å². The molecule has 0 spiro atoms. The van der Waals surface area contributed by atoms with Gasteiger partial charge in [0.05, 0.1) is 21.2 Å². The van der Waals surface area contributed by atoms with E-state index in [1.54, 1.807) is 13.0 Å². The molecule has 0 aliphatic carbocycles. The van der Waals surface area contributed by atoms with E-state index in [-0.39, 0.29) is 16.1 Å². The number of anilines is 1. The summed E-state index contributed by atoms with van der Waals surface area (Å²) in [6, 6.07) is 13.1. The fraction of sp³-hybridized carbons (Fsp3) is 0.158. The maximum absolute atomic E-state index is 12.7. The first kappa shape index (κ1) is 21.1. The van der Waals surface area contributed by atoms with Gasteiger partial charge in [-0.05, 0) is 37.3 Å². The highest BCUT2D eigenvalue weighted by Crippen LogP contribution is 2.21. The van der Waals surface area contributed by atoms with Crippen LogP contribution in [0.4, 0.5) is 11.5 Å². The molecule has 1 N–H and O–H groups in total. The van der Waals surface area contributed by atoms with Gasteiger partial charge in [-0.2, -0.15) is 5.10 Å². The van der Waals surface area contributed by atoms with E-state index in [2.05, 4.69) is 10.4 Å². The van der Waals surface area contributed by atoms with Gasteiger partial charge in [0, 0.05) is 37.9 Å². The Labute approximate surface area is 172 Å². The molecule has 3 aromatic rings. The van der Waals surface area contributed by atoms with E-state index in [4.69, 9.17) is 0 Å². The van der Waals surface area contributed by atoms with E-state index in [0.717, 1.165) is 4.31 Å². The Bertz CT molecular complexity index is 1220. The molecule has 10 nitrogen and oxygen atoms in total. The fourth-order valence-electron chi connectivity index (χ4n) is 2.70. The number of nitro groups is 1. The minimum absolute atomic E-state index is 0.000192. The first-order valence-corrected chi connectivity index (χ1v) is 10.2. The normalized spacial score (nSPS) is 11.5. The van der Waals surface area contributed by atoms with Crippen LogP contribution in [0.25, 0.3) is 5.69 Å². The second-order valence-electron chi connectivity index (χ2n) is 6.63. The summed E-state index contributed by atoms with van der Waals surface area (Å²) < 4.78 is 27.1. The third kappa shape index (κ3) is 4.21. The number of amides is 1. The van der Waals surface area contributed by atoms with Crippen LogP contribution in [-0.4, -0.2) is 47.4 Å². The van der Waals surface area contributed by atoms with E-state index in [1.807, 2.05) is 0 Å². The Morgan fingerprint density at radius 1 is 1.13 bits per heavy atom. The second-order valence-corrected chi connectivity index (χ2v) is 8.78. The number of aromatic nitrogens is 2. The van der Waals surface area contributed by atoms with Gasteiger partial charge in [-0.3, -0.25) is 14.9 Å². The molecule has 30 heavy (non-hydrogen) atoms. The highest BCUT2D eigenvalue weighted by molar-refractivity contribution is 7.89. The Balaban J connectivity index is 1.91. The number of aryl methyl sites for hydroxylation is 1. The Morgan fingerprint density at radius 3 is 2.40 bits per heavy atom. The summed E-state index contributed by atoms with van der Waals surface area (Å²) in [5, 5.41) is 17.9. The molecule has 156 valence electrons. The maximum Gasteiger partial charge on any atom is 0.269 e. The lowest BCUT2D eigenvalue weighted by atomic mass is 10.2. The molecule has 0 bridgehead atoms. The van der Waals surface area contributed by atoms with Gasteiger partial charge in [0.15, 0.2) is 0 Å². The molecule has 1 heterocycles. The standard InChI is InChI=1S/C19H19N5O5S/c1-13-11-18(23(21-13)15-7-9-16(10-8-15)24(26)27)20-19(25)14-5-4-6-17(12-14)30(28,29)22(2)3/h4-12H,1-3H3,(H,20,25). The van der Waals surface area contributed by atoms with Crippen molar-refractivity contribution >= 4 is 27.4 Å². The number of sulfonamides is 1. The minimum Gasteiger partial charge on any atom is -0.306 e. The molecule has 0 radical (unpaired) electrons. The van der Waals surface area contributed by atoms with Crippen LogP contribution in [0.2, 0.25) is 0 Å². The molecule has 0 saturated heterocycles. The number of benzene rings is 2. The van der Waals surface area contributed by atoms with Crippen molar-refractivity contribution < 1.29 is 18.1 Å². The van der Waals surface area contributed by atoms with Gasteiger partial charge < -0.3 is 5.32 Å². The van der Waals surface area contributed by atoms with Crippen LogP contribution >= 0.6 is 0 Å². The van der Waals surface area contributed by atoms with Crippen molar-refractivity contribution in [2.75, 3.05) is 19.4 Å². The molecule has 1 amide bonds. The van der Waals surface area contributed by atoms with Crippen molar-refractivity contribution in [2.24, 2.45) is 0 Å². The zero-order valence-corrected chi connectivity index (χ0v) is 17.3. The lowest BCUT2D eigenvalue weighted by Gasteiger charge is -2.13. The van der Waals surface area contributed by atoms with Gasteiger partial charge in [-0.25, -0.2) is 17.4 Å². The van der Waals surface area contributed by atoms with Gasteiger partial charge in [-0.1, -0.05) is 6.07 Å². The molecule has 11 heteroatoms. The van der Waals surface area contributed by atoms with Crippen molar-refractivity contribution in [3.63, 3.8) is 0 Å². The summed E-state index contributed by atoms with van der Waals surface area (Å²) >= 11 is 0. The average Bonchev–Trinajstić information content (AvgIpc) is 3.08. The first-order valence-electron chi connectivity index (χ1n) is 8.75. The number of hydrogen-bond acceptors (Lipinski definition) is 6. The Kier molecular flexibility index (Phi) is 5.67. The van der Waals surface area contributed by atoms with Crippen LogP contribution in [0.3, 0.4) is 0 Å². The van der Waals surface area contributed by atoms with Gasteiger partial charge in [0.25, 0.3) is 11.6 Å². The number of nitrogens with one attached hydrogen (secondary N) is 1. The zero-order chi connectivity index (χ0) is 22.1. The van der Waals surface area contributed by atoms with Crippen molar-refractivity contribution in [3.8, 4) is 5.69 Å². The zero-order valence-electron chi connectivity index (χ0n) is 16.4. The summed E-state index contributed by atoms with van der Waals surface area (Å²) in [5.41, 5.74) is 1.24. The summed E-state index contributed by atoms with van der Waals surface area (Å²) in [7, 11) is -0.863. The molecule has 0 saturated carbocycles. The smallest absolute Gasteiger partial charge is 0.269 e. The van der Waals surface area contributed by atoms with Crippen LogP contribution in [0.1, 0.15) is 16.1 Å². The molecule has 3 rings (SSSR count). The van der Waals surface area contributed by atoms with Gasteiger partial charge in [-0.15, -0.1) is 0 Å². The van der Waals surface area contributed by atoms with Gasteiger partial charge in [0.2, 0.25) is 10.0 Å². The highest BCUT2D eigenvalue weighted by Gasteiger charge is 2.20. The molecular weight excluding hydrogens is 410 g/mol. The van der Waals surface area contributed by atoms with Crippen LogP contribution < -0.4 is 5.32 Å². The first-order chi connectivity index (χ1) is 14.1. The number of hydrogen-bond donors (Lipinski definition) is 1. The molecule has 0 unspecified atom stereocenters. The summed E-state index contributed by atoms with van der Waals surface area (Å²) in [4.78, 5) is 23.1. The van der Waals surface area contributed by atoms with E-state index in [0.29, 0.717) is 17.2 Å². The number of carbonyl (C=O) groups excluding carboxylic acids is 1. The molecule has 0 atom stereocenters. The SMILES string of the molecule is Cc1cc(NC(=O)c2cccc(S(=O)(=O)N(C)C)c2)n(-c2ccc([N+](=O)[O-])cc2)n1. The third-order valence-corrected chi connectivity index (χ3v) is 6.06. The summed E-state index contributed by atoms with van der Waals surface area (Å²) in [6.07, 6.45) is 0. The number of nitro benzene ring substituents is 1. The molecule has 2 aromatic carbocycles. The number of nitrogens with zero attached hydrogens (tertiary/aromatic N) is 4. The van der Waals surface area contributed by atoms with Crippen molar-refractivity contribution in [1.29, 1.82) is 0 Å². The summed E-state index contributed by atoms with van der Waals surface area (Å²) in [6.45, 7) is 1.74. The lowest BCUT2D eigenvalue weighted by molar-refractivity contribution is -0.384. The predicted octanol–water partition coefficient (Wildman–Crippen LogP) is 2.59. The maximum atomic E-state index is 12.7. The Morgan fingerprint density at radius 2 is 1.80 bits per heavy atom. The fourth-order valence-corrected chi connectivity index (χ4v) is 3.65. The third-order valence-electron chi connectivity index (χ3n) is 4.25. The molecule has 0 aliphatic heterocycles. The van der Waals surface area contributed by atoms with Gasteiger partial charge in [0.1, 0.15) is 5.82 Å². The number of rotatable bonds is 6. The second kappa shape index (κ2) is 8.05. The molecular formula is C19H19N5O5S. The molecule has 0 fully saturated rings. The number of non-ortho nitro benzene ring substituents is 1. The predicted molar refractivity (Wildman–Crippen MR) is 110 cm³/mol. The van der Waals surface area contributed by atoms with E-state index >= 15 is 0 Å². The highest BCUT2D eigenvalue weighted by atomic mass is 32.2. The average molecular weight is 429 g/mol. The van der Waals surface area contributed by atoms with E-state index < -0.39 is 20.9 Å². The van der Waals surface area contributed by atoms with Crippen molar-refractivity contribution in [3.05, 3.63) is 76.0 Å². The quantitative estimate of drug-likeness (QED) is 0.474.